The van der Waals surface area contributed by atoms with E-state index in [1.165, 1.54) is 38.5 Å². The molecule has 0 aliphatic rings. The minimum atomic E-state index is 0. The molecule has 0 aliphatic carbocycles. The molecular weight excluding hydrogens is 442 g/mol. The van der Waals surface area contributed by atoms with Crippen LogP contribution in [0, 0.1) is 5.92 Å². The fourth-order valence-electron chi connectivity index (χ4n) is 1.32. The smallest absolute Gasteiger partial charge is 0 e. The fourth-order valence-corrected chi connectivity index (χ4v) is 1.32. The molecule has 0 aromatic rings. The molecule has 2 heteroatoms. The summed E-state index contributed by atoms with van der Waals surface area (Å²) in [5.41, 5.74) is 0. The Balaban J connectivity index is -0.0000000179. The van der Waals surface area contributed by atoms with Crippen LogP contribution in [0.4, 0.5) is 0 Å². The molecule has 0 amide bonds. The van der Waals surface area contributed by atoms with Crippen LogP contribution in [-0.2, 0) is 0 Å². The molecule has 19 heavy (non-hydrogen) atoms. The van der Waals surface area contributed by atoms with E-state index in [4.69, 9.17) is 0 Å². The predicted octanol–water partition coefficient (Wildman–Crippen LogP) is 7.22. The van der Waals surface area contributed by atoms with Crippen molar-refractivity contribution in [3.8, 4) is 0 Å². The van der Waals surface area contributed by atoms with Crippen LogP contribution in [-0.4, -0.2) is 47.8 Å². The first-order valence-corrected chi connectivity index (χ1v) is 4.92. The molecule has 0 nitrogen and oxygen atoms in total. The number of hydrogen-bond donors (Lipinski definition) is 0. The first-order valence-electron chi connectivity index (χ1n) is 4.92. The van der Waals surface area contributed by atoms with Gasteiger partial charge in [-0.1, -0.05) is 96.6 Å². The molecule has 0 heterocycles. The van der Waals surface area contributed by atoms with Crippen molar-refractivity contribution in [2.24, 2.45) is 5.92 Å². The monoisotopic (exact) mass is 490 g/mol. The van der Waals surface area contributed by atoms with E-state index in [9.17, 15) is 0 Å². The molecule has 0 aliphatic heterocycles. The third kappa shape index (κ3) is 54.4. The Hall–Kier alpha value is 1.34. The number of allylic oxidation sites excluding steroid dienone is 1. The topological polar surface area (TPSA) is 0 Å². The Morgan fingerprint density at radius 1 is 0.842 bits per heavy atom. The van der Waals surface area contributed by atoms with Gasteiger partial charge in [0.1, 0.15) is 0 Å². The minimum Gasteiger partial charge on any atom is -0.103 e. The molecule has 0 bridgehead atoms. The predicted molar refractivity (Wildman–Crippen MR) is 105 cm³/mol. The van der Waals surface area contributed by atoms with Gasteiger partial charge in [-0.25, -0.2) is 0 Å². The molecule has 1 atom stereocenters. The molecule has 1 unspecified atom stereocenters. The van der Waals surface area contributed by atoms with Crippen molar-refractivity contribution in [2.45, 2.75) is 96.9 Å². The zero-order chi connectivity index (χ0) is 8.53. The summed E-state index contributed by atoms with van der Waals surface area (Å²) in [5.74, 6) is 0.851. The molecule has 0 N–H and O–H groups in total. The van der Waals surface area contributed by atoms with Crippen LogP contribution in [0.15, 0.2) is 12.7 Å². The second kappa shape index (κ2) is 50.6. The molecule has 0 saturated carbocycles. The van der Waals surface area contributed by atoms with Crippen molar-refractivity contribution in [3.63, 3.8) is 0 Å². The summed E-state index contributed by atoms with van der Waals surface area (Å²) in [6.07, 6.45) is 10.2. The third-order valence-electron chi connectivity index (χ3n) is 2.12. The van der Waals surface area contributed by atoms with Gasteiger partial charge in [0.2, 0.25) is 0 Å². The van der Waals surface area contributed by atoms with Gasteiger partial charge >= 0.3 is 0 Å². The van der Waals surface area contributed by atoms with Gasteiger partial charge in [-0.3, -0.25) is 0 Å². The van der Waals surface area contributed by atoms with Gasteiger partial charge in [-0.15, -0.1) is 6.58 Å². The molecule has 8 radical (unpaired) electrons. The summed E-state index contributed by atoms with van der Waals surface area (Å²) >= 11 is 0. The van der Waals surface area contributed by atoms with Crippen LogP contribution in [0.3, 0.4) is 0 Å². The van der Waals surface area contributed by atoms with Crippen molar-refractivity contribution in [3.05, 3.63) is 12.7 Å². The normalized spacial score (nSPS) is 7.47. The van der Waals surface area contributed by atoms with Gasteiger partial charge in [0.05, 0.1) is 0 Å². The minimum absolute atomic E-state index is 0. The van der Waals surface area contributed by atoms with Gasteiger partial charge < -0.3 is 0 Å². The van der Waals surface area contributed by atoms with Gasteiger partial charge in [-0.2, -0.15) is 0 Å². The Kier molecular flexibility index (Phi) is 158. The summed E-state index contributed by atoms with van der Waals surface area (Å²) in [5, 5.41) is 0. The van der Waals surface area contributed by atoms with E-state index in [1.807, 2.05) is 6.08 Å². The van der Waals surface area contributed by atoms with Crippen molar-refractivity contribution in [1.29, 1.82) is 0 Å². The van der Waals surface area contributed by atoms with Crippen molar-refractivity contribution < 1.29 is 0 Å². The van der Waals surface area contributed by atoms with Crippen molar-refractivity contribution in [2.75, 3.05) is 0 Å². The van der Waals surface area contributed by atoms with Crippen LogP contribution in [0.2, 0.25) is 0 Å². The second-order valence-corrected chi connectivity index (χ2v) is 3.48. The van der Waals surface area contributed by atoms with Gasteiger partial charge in [-0.05, 0) is 12.3 Å². The maximum absolute atomic E-state index is 3.75. The summed E-state index contributed by atoms with van der Waals surface area (Å²) < 4.78 is 0. The molecular formula is C17H46Sn2. The van der Waals surface area contributed by atoms with E-state index >= 15 is 0 Å². The van der Waals surface area contributed by atoms with Crippen LogP contribution in [0.5, 0.6) is 0 Å². The molecule has 0 aromatic heterocycles. The van der Waals surface area contributed by atoms with Gasteiger partial charge in [0.25, 0.3) is 0 Å². The number of hydrogen-bond acceptors (Lipinski definition) is 0. The standard InChI is InChI=1S/C11H22.6CH4.2Sn/c1-4-6-7-8-10-11(3)9-5-2;;;;;;;;/h5,11H,2,4,6-10H2,1,3H3;6*1H4;;. The number of rotatable bonds is 7. The van der Waals surface area contributed by atoms with Crippen LogP contribution >= 0.6 is 0 Å². The molecule has 0 saturated heterocycles. The average Bonchev–Trinajstić information content (AvgIpc) is 1.99. The van der Waals surface area contributed by atoms with Crippen molar-refractivity contribution in [1.82, 2.24) is 0 Å². The third-order valence-corrected chi connectivity index (χ3v) is 2.12. The molecule has 0 fully saturated rings. The van der Waals surface area contributed by atoms with Crippen LogP contribution in [0.1, 0.15) is 96.9 Å². The van der Waals surface area contributed by atoms with Crippen LogP contribution < -0.4 is 0 Å². The zero-order valence-corrected chi connectivity index (χ0v) is 14.8. The maximum Gasteiger partial charge on any atom is 0 e. The molecule has 0 rings (SSSR count). The SMILES string of the molecule is C.C.C.C.C.C.C=CCC(C)CCCCCC.[Sn].[Sn]. The van der Waals surface area contributed by atoms with E-state index in [0.29, 0.717) is 0 Å². The van der Waals surface area contributed by atoms with E-state index in [2.05, 4.69) is 20.4 Å². The summed E-state index contributed by atoms with van der Waals surface area (Å²) in [4.78, 5) is 0. The van der Waals surface area contributed by atoms with Gasteiger partial charge in [0, 0.05) is 47.8 Å². The Morgan fingerprint density at radius 2 is 1.26 bits per heavy atom. The summed E-state index contributed by atoms with van der Waals surface area (Å²) in [6.45, 7) is 8.32. The maximum atomic E-state index is 3.75. The van der Waals surface area contributed by atoms with Gasteiger partial charge in [0.15, 0.2) is 0 Å². The van der Waals surface area contributed by atoms with Crippen molar-refractivity contribution >= 4 is 47.8 Å². The van der Waals surface area contributed by atoms with E-state index in [-0.39, 0.29) is 92.4 Å². The van der Waals surface area contributed by atoms with E-state index < -0.39 is 0 Å². The Morgan fingerprint density at radius 3 is 1.58 bits per heavy atom. The molecule has 0 spiro atoms. The fraction of sp³-hybridized carbons (Fsp3) is 0.882. The largest absolute Gasteiger partial charge is 0.103 e. The Labute approximate surface area is 162 Å². The average molecular weight is 488 g/mol. The number of unbranched alkanes of at least 4 members (excludes halogenated alkanes) is 3. The van der Waals surface area contributed by atoms with E-state index in [1.54, 1.807) is 0 Å². The van der Waals surface area contributed by atoms with Crippen LogP contribution in [0.25, 0.3) is 0 Å². The first-order chi connectivity index (χ1) is 5.31. The summed E-state index contributed by atoms with van der Waals surface area (Å²) in [7, 11) is 0. The second-order valence-electron chi connectivity index (χ2n) is 3.48. The summed E-state index contributed by atoms with van der Waals surface area (Å²) in [6, 6.07) is 0. The first kappa shape index (κ1) is 59.2. The quantitative estimate of drug-likeness (QED) is 0.202. The Bertz CT molecular complexity index is 93.3. The zero-order valence-electron chi connectivity index (χ0n) is 9.10. The molecule has 0 aromatic carbocycles. The van der Waals surface area contributed by atoms with E-state index in [0.717, 1.165) is 5.92 Å². The molecule has 122 valence electrons.